The molecule has 21 heavy (non-hydrogen) atoms. The molecule has 8 nitrogen and oxygen atoms in total. The summed E-state index contributed by atoms with van der Waals surface area (Å²) in [6.45, 7) is 5.49. The smallest absolute Gasteiger partial charge is 0.348 e. The van der Waals surface area contributed by atoms with Gasteiger partial charge in [-0.15, -0.1) is 0 Å². The van der Waals surface area contributed by atoms with Crippen molar-refractivity contribution < 1.29 is 38.4 Å². The maximum atomic E-state index is 11.7. The molecular formula is C13H13O8-. The van der Waals surface area contributed by atoms with Gasteiger partial charge < -0.3 is 24.1 Å². The fraction of sp³-hybridized carbons (Fsp3) is 0.462. The lowest BCUT2D eigenvalue weighted by Crippen LogP contribution is -2.43. The van der Waals surface area contributed by atoms with E-state index in [0.717, 1.165) is 6.08 Å². The van der Waals surface area contributed by atoms with Crippen molar-refractivity contribution in [3.63, 3.8) is 0 Å². The van der Waals surface area contributed by atoms with Crippen LogP contribution in [0.4, 0.5) is 0 Å². The van der Waals surface area contributed by atoms with Gasteiger partial charge in [0.2, 0.25) is 0 Å². The Hall–Kier alpha value is -2.51. The SMILES string of the molecule is CC1(C)OC(=O)C(=CC2=C([O-])OC(C)(C)OC2=O)C(=O)O1. The topological polar surface area (TPSA) is 111 Å². The summed E-state index contributed by atoms with van der Waals surface area (Å²) in [5.41, 5.74) is -1.17. The molecular weight excluding hydrogens is 284 g/mol. The minimum Gasteiger partial charge on any atom is -0.575 e. The predicted molar refractivity (Wildman–Crippen MR) is 62.6 cm³/mol. The zero-order chi connectivity index (χ0) is 16.0. The Balaban J connectivity index is 2.38. The van der Waals surface area contributed by atoms with Crippen molar-refractivity contribution in [3.8, 4) is 0 Å². The van der Waals surface area contributed by atoms with Gasteiger partial charge in [-0.25, -0.2) is 14.4 Å². The molecule has 0 amide bonds. The van der Waals surface area contributed by atoms with Gasteiger partial charge in [0.15, 0.2) is 5.79 Å². The highest BCUT2D eigenvalue weighted by molar-refractivity contribution is 6.16. The molecule has 8 heteroatoms. The number of esters is 3. The van der Waals surface area contributed by atoms with E-state index in [2.05, 4.69) is 0 Å². The second-order valence-corrected chi connectivity index (χ2v) is 5.33. The summed E-state index contributed by atoms with van der Waals surface area (Å²) >= 11 is 0. The molecule has 0 atom stereocenters. The van der Waals surface area contributed by atoms with Crippen LogP contribution in [0.1, 0.15) is 27.7 Å². The van der Waals surface area contributed by atoms with E-state index < -0.39 is 46.6 Å². The van der Waals surface area contributed by atoms with Crippen LogP contribution in [-0.4, -0.2) is 29.5 Å². The molecule has 1 saturated heterocycles. The summed E-state index contributed by atoms with van der Waals surface area (Å²) in [7, 11) is 0. The lowest BCUT2D eigenvalue weighted by molar-refractivity contribution is -0.393. The standard InChI is InChI=1S/C13H14O8/c1-12(2)18-8(14)6(9(15)19-12)5-7-10(16)20-13(3,4)21-11(7)17/h5,14H,1-4H3/p-1. The molecule has 0 radical (unpaired) electrons. The van der Waals surface area contributed by atoms with Crippen LogP contribution < -0.4 is 5.11 Å². The Morgan fingerprint density at radius 2 is 1.24 bits per heavy atom. The van der Waals surface area contributed by atoms with Crippen LogP contribution >= 0.6 is 0 Å². The molecule has 0 aromatic rings. The molecule has 0 bridgehead atoms. The fourth-order valence-electron chi connectivity index (χ4n) is 1.70. The molecule has 0 aromatic carbocycles. The lowest BCUT2D eigenvalue weighted by Gasteiger charge is -2.39. The van der Waals surface area contributed by atoms with Crippen molar-refractivity contribution in [1.29, 1.82) is 0 Å². The quantitative estimate of drug-likeness (QED) is 0.366. The Labute approximate surface area is 119 Å². The van der Waals surface area contributed by atoms with Crippen LogP contribution in [0.25, 0.3) is 0 Å². The first-order chi connectivity index (χ1) is 9.51. The molecule has 114 valence electrons. The minimum absolute atomic E-state index is 0.585. The molecule has 2 aliphatic rings. The van der Waals surface area contributed by atoms with Gasteiger partial charge in [-0.2, -0.15) is 0 Å². The molecule has 0 unspecified atom stereocenters. The van der Waals surface area contributed by atoms with Gasteiger partial charge in [-0.1, -0.05) is 0 Å². The first kappa shape index (κ1) is 14.9. The third kappa shape index (κ3) is 2.99. The first-order valence-corrected chi connectivity index (χ1v) is 6.03. The third-order valence-electron chi connectivity index (χ3n) is 2.52. The van der Waals surface area contributed by atoms with Crippen LogP contribution in [0.15, 0.2) is 23.2 Å². The average molecular weight is 297 g/mol. The molecule has 2 heterocycles. The van der Waals surface area contributed by atoms with Crippen molar-refractivity contribution >= 4 is 17.9 Å². The van der Waals surface area contributed by atoms with Crippen molar-refractivity contribution in [2.75, 3.05) is 0 Å². The average Bonchev–Trinajstić information content (AvgIpc) is 2.22. The number of rotatable bonds is 1. The van der Waals surface area contributed by atoms with Gasteiger partial charge in [-0.05, 0) is 19.9 Å². The van der Waals surface area contributed by atoms with E-state index in [1.54, 1.807) is 0 Å². The minimum atomic E-state index is -1.41. The number of ether oxygens (including phenoxy) is 4. The maximum absolute atomic E-state index is 11.7. The summed E-state index contributed by atoms with van der Waals surface area (Å²) in [5.74, 6) is -6.84. The zero-order valence-electron chi connectivity index (χ0n) is 11.8. The molecule has 0 spiro atoms. The molecule has 2 rings (SSSR count). The number of hydrogen-bond donors (Lipinski definition) is 0. The highest BCUT2D eigenvalue weighted by Gasteiger charge is 2.40. The highest BCUT2D eigenvalue weighted by atomic mass is 16.8. The number of hydrogen-bond acceptors (Lipinski definition) is 8. The predicted octanol–water partition coefficient (Wildman–Crippen LogP) is -0.370. The highest BCUT2D eigenvalue weighted by Crippen LogP contribution is 2.28. The molecule has 0 aromatic heterocycles. The first-order valence-electron chi connectivity index (χ1n) is 6.03. The fourth-order valence-corrected chi connectivity index (χ4v) is 1.70. The summed E-state index contributed by atoms with van der Waals surface area (Å²) in [5, 5.41) is 11.7. The van der Waals surface area contributed by atoms with Gasteiger partial charge in [0.05, 0.1) is 11.5 Å². The summed E-state index contributed by atoms with van der Waals surface area (Å²) < 4.78 is 19.4. The monoisotopic (exact) mass is 297 g/mol. The van der Waals surface area contributed by atoms with Crippen LogP contribution in [0.5, 0.6) is 0 Å². The normalized spacial score (nSPS) is 23.8. The van der Waals surface area contributed by atoms with E-state index in [4.69, 9.17) is 18.9 Å². The van der Waals surface area contributed by atoms with Gasteiger partial charge in [0, 0.05) is 13.8 Å². The van der Waals surface area contributed by atoms with Crippen LogP contribution in [-0.2, 0) is 33.3 Å². The zero-order valence-corrected chi connectivity index (χ0v) is 11.8. The maximum Gasteiger partial charge on any atom is 0.348 e. The van der Waals surface area contributed by atoms with Gasteiger partial charge in [0.1, 0.15) is 5.57 Å². The number of carbonyl (C=O) groups excluding carboxylic acids is 3. The molecule has 0 saturated carbocycles. The third-order valence-corrected chi connectivity index (χ3v) is 2.52. The number of cyclic esters (lactones) is 3. The molecule has 2 aliphatic heterocycles. The Morgan fingerprint density at radius 3 is 1.71 bits per heavy atom. The van der Waals surface area contributed by atoms with E-state index in [1.165, 1.54) is 27.7 Å². The van der Waals surface area contributed by atoms with Crippen molar-refractivity contribution in [2.24, 2.45) is 0 Å². The number of carbonyl (C=O) groups is 3. The van der Waals surface area contributed by atoms with Gasteiger partial charge in [-0.3, -0.25) is 0 Å². The van der Waals surface area contributed by atoms with Crippen LogP contribution in [0.3, 0.4) is 0 Å². The van der Waals surface area contributed by atoms with E-state index in [1.807, 2.05) is 0 Å². The van der Waals surface area contributed by atoms with Crippen molar-refractivity contribution in [1.82, 2.24) is 0 Å². The Bertz CT molecular complexity index is 571. The Morgan fingerprint density at radius 1 is 0.810 bits per heavy atom. The van der Waals surface area contributed by atoms with E-state index in [0.29, 0.717) is 0 Å². The Kier molecular flexibility index (Phi) is 3.19. The van der Waals surface area contributed by atoms with Gasteiger partial charge in [0.25, 0.3) is 5.79 Å². The molecule has 0 aliphatic carbocycles. The van der Waals surface area contributed by atoms with Crippen molar-refractivity contribution in [2.45, 2.75) is 39.3 Å². The summed E-state index contributed by atoms with van der Waals surface area (Å²) in [6.07, 6.45) is 0.750. The lowest BCUT2D eigenvalue weighted by atomic mass is 10.1. The molecule has 1 fully saturated rings. The summed E-state index contributed by atoms with van der Waals surface area (Å²) in [4.78, 5) is 35.2. The van der Waals surface area contributed by atoms with E-state index in [9.17, 15) is 19.5 Å². The second-order valence-electron chi connectivity index (χ2n) is 5.33. The van der Waals surface area contributed by atoms with Gasteiger partial charge >= 0.3 is 17.9 Å². The summed E-state index contributed by atoms with van der Waals surface area (Å²) in [6, 6.07) is 0. The molecule has 0 N–H and O–H groups in total. The van der Waals surface area contributed by atoms with Crippen LogP contribution in [0, 0.1) is 0 Å². The largest absolute Gasteiger partial charge is 0.575 e. The van der Waals surface area contributed by atoms with Crippen molar-refractivity contribution in [3.05, 3.63) is 23.2 Å². The van der Waals surface area contributed by atoms with Crippen LogP contribution in [0.2, 0.25) is 0 Å². The van der Waals surface area contributed by atoms with E-state index in [-0.39, 0.29) is 0 Å². The second kappa shape index (κ2) is 4.51. The van der Waals surface area contributed by atoms with E-state index >= 15 is 0 Å².